The maximum absolute atomic E-state index is 12.5. The van der Waals surface area contributed by atoms with Crippen LogP contribution in [0.3, 0.4) is 0 Å². The summed E-state index contributed by atoms with van der Waals surface area (Å²) in [5.41, 5.74) is 2.20. The fraction of sp³-hybridized carbons (Fsp3) is 0.480. The van der Waals surface area contributed by atoms with Crippen LogP contribution in [0.1, 0.15) is 46.7 Å². The third-order valence-corrected chi connectivity index (χ3v) is 5.36. The van der Waals surface area contributed by atoms with Gasteiger partial charge in [0.15, 0.2) is 5.69 Å². The number of anilines is 1. The van der Waals surface area contributed by atoms with Gasteiger partial charge in [-0.1, -0.05) is 19.1 Å². The zero-order valence-electron chi connectivity index (χ0n) is 19.6. The summed E-state index contributed by atoms with van der Waals surface area (Å²) in [6.45, 7) is 11.9. The van der Waals surface area contributed by atoms with Crippen LogP contribution in [0.4, 0.5) is 10.5 Å². The average Bonchev–Trinajstić information content (AvgIpc) is 2.77. The van der Waals surface area contributed by atoms with Crippen LogP contribution < -0.4 is 9.64 Å². The second-order valence-corrected chi connectivity index (χ2v) is 8.79. The van der Waals surface area contributed by atoms with Crippen molar-refractivity contribution in [3.05, 3.63) is 42.1 Å². The molecule has 32 heavy (non-hydrogen) atoms. The molecule has 0 saturated carbocycles. The van der Waals surface area contributed by atoms with Gasteiger partial charge in [0.2, 0.25) is 0 Å². The predicted octanol–water partition coefficient (Wildman–Crippen LogP) is 4.85. The molecule has 3 rings (SSSR count). The zero-order chi connectivity index (χ0) is 23.3. The molecule has 0 unspecified atom stereocenters. The van der Waals surface area contributed by atoms with Gasteiger partial charge in [-0.15, -0.1) is 0 Å². The maximum Gasteiger partial charge on any atom is 0.410 e. The van der Waals surface area contributed by atoms with E-state index in [0.29, 0.717) is 37.6 Å². The fourth-order valence-corrected chi connectivity index (χ4v) is 3.89. The van der Waals surface area contributed by atoms with Crippen molar-refractivity contribution in [2.75, 3.05) is 31.1 Å². The van der Waals surface area contributed by atoms with E-state index in [1.807, 2.05) is 64.1 Å². The molecule has 170 valence electrons. The first-order valence-electron chi connectivity index (χ1n) is 11.1. The van der Waals surface area contributed by atoms with E-state index >= 15 is 0 Å². The van der Waals surface area contributed by atoms with Crippen molar-refractivity contribution in [3.63, 3.8) is 0 Å². The van der Waals surface area contributed by atoms with Crippen LogP contribution in [-0.4, -0.2) is 53.9 Å². The molecule has 1 aromatic carbocycles. The Hall–Kier alpha value is -3.27. The van der Waals surface area contributed by atoms with Crippen molar-refractivity contribution >= 4 is 11.8 Å². The van der Waals surface area contributed by atoms with E-state index in [4.69, 9.17) is 9.47 Å². The standard InChI is InChI=1S/C25H32N4O3/c1-6-18-17-28(24(30)32-25(3,4)5)14-15-29(18)22-13-12-20(27-21(22)16-26)19-10-8-9-11-23(19)31-7-2/h8-13,18H,6-7,14-15,17H2,1-5H3/t18-/m1/s1. The molecule has 0 N–H and O–H groups in total. The Labute approximate surface area is 190 Å². The number of benzene rings is 1. The monoisotopic (exact) mass is 436 g/mol. The van der Waals surface area contributed by atoms with Gasteiger partial charge in [0, 0.05) is 31.2 Å². The first-order chi connectivity index (χ1) is 15.3. The summed E-state index contributed by atoms with van der Waals surface area (Å²) < 4.78 is 11.3. The van der Waals surface area contributed by atoms with E-state index in [1.165, 1.54) is 0 Å². The number of carbonyl (C=O) groups is 1. The molecule has 1 fully saturated rings. The van der Waals surface area contributed by atoms with Gasteiger partial charge in [-0.25, -0.2) is 9.78 Å². The van der Waals surface area contributed by atoms with Crippen LogP contribution in [0.15, 0.2) is 36.4 Å². The largest absolute Gasteiger partial charge is 0.493 e. The highest BCUT2D eigenvalue weighted by molar-refractivity contribution is 5.72. The van der Waals surface area contributed by atoms with Crippen LogP contribution in [0.25, 0.3) is 11.3 Å². The van der Waals surface area contributed by atoms with Crippen molar-refractivity contribution in [1.29, 1.82) is 5.26 Å². The summed E-state index contributed by atoms with van der Waals surface area (Å²) in [6.07, 6.45) is 0.538. The minimum absolute atomic E-state index is 0.0757. The summed E-state index contributed by atoms with van der Waals surface area (Å²) >= 11 is 0. The highest BCUT2D eigenvalue weighted by Crippen LogP contribution is 2.32. The van der Waals surface area contributed by atoms with Crippen LogP contribution in [-0.2, 0) is 4.74 Å². The molecule has 1 aliphatic rings. The lowest BCUT2D eigenvalue weighted by atomic mass is 10.1. The van der Waals surface area contributed by atoms with Gasteiger partial charge in [0.05, 0.1) is 18.0 Å². The fourth-order valence-electron chi connectivity index (χ4n) is 3.89. The smallest absolute Gasteiger partial charge is 0.410 e. The summed E-state index contributed by atoms with van der Waals surface area (Å²) in [4.78, 5) is 21.1. The van der Waals surface area contributed by atoms with Gasteiger partial charge >= 0.3 is 6.09 Å². The van der Waals surface area contributed by atoms with Gasteiger partial charge in [0.1, 0.15) is 17.4 Å². The number of ether oxygens (including phenoxy) is 2. The minimum Gasteiger partial charge on any atom is -0.493 e. The van der Waals surface area contributed by atoms with E-state index < -0.39 is 5.60 Å². The molecular formula is C25H32N4O3. The summed E-state index contributed by atoms with van der Waals surface area (Å²) in [7, 11) is 0. The molecule has 1 aliphatic heterocycles. The third kappa shape index (κ3) is 5.31. The average molecular weight is 437 g/mol. The number of hydrogen-bond donors (Lipinski definition) is 0. The number of para-hydroxylation sites is 1. The molecule has 7 nitrogen and oxygen atoms in total. The first-order valence-corrected chi connectivity index (χ1v) is 11.1. The van der Waals surface area contributed by atoms with Gasteiger partial charge < -0.3 is 19.3 Å². The maximum atomic E-state index is 12.5. The van der Waals surface area contributed by atoms with Crippen LogP contribution >= 0.6 is 0 Å². The van der Waals surface area contributed by atoms with E-state index in [1.54, 1.807) is 4.90 Å². The Bertz CT molecular complexity index is 993. The Morgan fingerprint density at radius 1 is 1.19 bits per heavy atom. The molecule has 1 aromatic heterocycles. The number of nitrogens with zero attached hydrogens (tertiary/aromatic N) is 4. The van der Waals surface area contributed by atoms with E-state index in [2.05, 4.69) is 22.9 Å². The SMILES string of the molecule is CCOc1ccccc1-c1ccc(N2CCN(C(=O)OC(C)(C)C)C[C@H]2CC)c(C#N)n1. The number of piperazine rings is 1. The number of carbonyl (C=O) groups excluding carboxylic acids is 1. The van der Waals surface area contributed by atoms with Crippen molar-refractivity contribution in [1.82, 2.24) is 9.88 Å². The highest BCUT2D eigenvalue weighted by atomic mass is 16.6. The van der Waals surface area contributed by atoms with Gasteiger partial charge in [-0.2, -0.15) is 5.26 Å². The van der Waals surface area contributed by atoms with Crippen molar-refractivity contribution in [2.24, 2.45) is 0 Å². The number of rotatable bonds is 5. The molecule has 0 radical (unpaired) electrons. The normalized spacial score (nSPS) is 16.4. The summed E-state index contributed by atoms with van der Waals surface area (Å²) in [5.74, 6) is 0.747. The van der Waals surface area contributed by atoms with Gasteiger partial charge in [-0.05, 0) is 58.4 Å². The Balaban J connectivity index is 1.85. The molecular weight excluding hydrogens is 404 g/mol. The van der Waals surface area contributed by atoms with Gasteiger partial charge in [-0.3, -0.25) is 0 Å². The summed E-state index contributed by atoms with van der Waals surface area (Å²) in [6, 6.07) is 13.9. The van der Waals surface area contributed by atoms with E-state index in [9.17, 15) is 10.1 Å². The number of hydrogen-bond acceptors (Lipinski definition) is 6. The number of nitriles is 1. The van der Waals surface area contributed by atoms with Crippen molar-refractivity contribution in [3.8, 4) is 23.1 Å². The third-order valence-electron chi connectivity index (χ3n) is 5.36. The second kappa shape index (κ2) is 9.90. The summed E-state index contributed by atoms with van der Waals surface area (Å²) in [5, 5.41) is 9.86. The van der Waals surface area contributed by atoms with E-state index in [-0.39, 0.29) is 12.1 Å². The van der Waals surface area contributed by atoms with Crippen LogP contribution in [0.5, 0.6) is 5.75 Å². The molecule has 0 aliphatic carbocycles. The van der Waals surface area contributed by atoms with Crippen LogP contribution in [0, 0.1) is 11.3 Å². The predicted molar refractivity (Wildman–Crippen MR) is 125 cm³/mol. The molecule has 7 heteroatoms. The molecule has 0 spiro atoms. The van der Waals surface area contributed by atoms with Crippen molar-refractivity contribution in [2.45, 2.75) is 52.7 Å². The molecule has 1 amide bonds. The minimum atomic E-state index is -0.526. The van der Waals surface area contributed by atoms with Crippen molar-refractivity contribution < 1.29 is 14.3 Å². The quantitative estimate of drug-likeness (QED) is 0.666. The highest BCUT2D eigenvalue weighted by Gasteiger charge is 2.32. The van der Waals surface area contributed by atoms with Gasteiger partial charge in [0.25, 0.3) is 0 Å². The molecule has 2 heterocycles. The molecule has 0 bridgehead atoms. The lowest BCUT2D eigenvalue weighted by molar-refractivity contribution is 0.0213. The number of amides is 1. The van der Waals surface area contributed by atoms with Crippen LogP contribution in [0.2, 0.25) is 0 Å². The topological polar surface area (TPSA) is 78.7 Å². The van der Waals surface area contributed by atoms with E-state index in [0.717, 1.165) is 23.4 Å². The lowest BCUT2D eigenvalue weighted by Gasteiger charge is -2.42. The molecule has 1 saturated heterocycles. The lowest BCUT2D eigenvalue weighted by Crippen LogP contribution is -2.55. The first kappa shape index (κ1) is 23.4. The Kier molecular flexibility index (Phi) is 7.24. The Morgan fingerprint density at radius 3 is 2.59 bits per heavy atom. The molecule has 1 atom stereocenters. The number of pyridine rings is 1. The number of aromatic nitrogens is 1. The Morgan fingerprint density at radius 2 is 1.94 bits per heavy atom. The zero-order valence-corrected chi connectivity index (χ0v) is 19.6. The second-order valence-electron chi connectivity index (χ2n) is 8.79. The molecule has 2 aromatic rings.